The molecular weight excluding hydrogens is 570 g/mol. The summed E-state index contributed by atoms with van der Waals surface area (Å²) in [5.41, 5.74) is 1.81. The smallest absolute Gasteiger partial charge is 0.348 e. The Bertz CT molecular complexity index is 1460. The summed E-state index contributed by atoms with van der Waals surface area (Å²) in [6, 6.07) is 14.8. The Morgan fingerprint density at radius 3 is 2.36 bits per heavy atom. The van der Waals surface area contributed by atoms with Crippen LogP contribution in [0.2, 0.25) is 5.02 Å². The number of benzene rings is 2. The van der Waals surface area contributed by atoms with Gasteiger partial charge in [-0.25, -0.2) is 9.59 Å². The molecule has 0 unspecified atom stereocenters. The number of carbonyl (C=O) groups excluding carboxylic acids is 3. The van der Waals surface area contributed by atoms with Crippen LogP contribution in [-0.4, -0.2) is 55.7 Å². The molecule has 1 aromatic heterocycles. The fourth-order valence-electron chi connectivity index (χ4n) is 3.90. The van der Waals surface area contributed by atoms with Gasteiger partial charge in [-0.3, -0.25) is 14.2 Å². The number of para-hydroxylation sites is 1. The van der Waals surface area contributed by atoms with Crippen molar-refractivity contribution >= 4 is 51.0 Å². The number of thiophene rings is 1. The first kappa shape index (κ1) is 30.3. The van der Waals surface area contributed by atoms with Crippen molar-refractivity contribution < 1.29 is 41.6 Å². The zero-order valence-electron chi connectivity index (χ0n) is 21.2. The van der Waals surface area contributed by atoms with Crippen LogP contribution in [0, 0.1) is 0 Å². The summed E-state index contributed by atoms with van der Waals surface area (Å²) in [5.74, 6) is -1.38. The van der Waals surface area contributed by atoms with E-state index in [1.165, 1.54) is 31.4 Å². The number of fused-ring (bicyclic) bond motifs is 1. The average molecular weight is 596 g/mol. The van der Waals surface area contributed by atoms with E-state index in [0.29, 0.717) is 41.4 Å². The molecule has 0 fully saturated rings. The fraction of sp³-hybridized carbons (Fsp3) is 0.269. The zero-order chi connectivity index (χ0) is 28.7. The number of esters is 3. The van der Waals surface area contributed by atoms with Crippen LogP contribution in [0.3, 0.4) is 0 Å². The SMILES string of the molecule is COC(=O)[C@H](c1ccccc1Cl)N1CCc2sc(OC(=O)c3ccccc3OC(C)=O)cc2C1.CS(=O)(=O)O. The molecule has 13 heteroatoms. The Morgan fingerprint density at radius 1 is 1.08 bits per heavy atom. The van der Waals surface area contributed by atoms with Crippen molar-refractivity contribution in [2.75, 3.05) is 19.9 Å². The first-order valence-corrected chi connectivity index (χ1v) is 14.5. The Hall–Kier alpha value is -3.29. The van der Waals surface area contributed by atoms with Crippen LogP contribution in [-0.2, 0) is 37.4 Å². The molecule has 208 valence electrons. The zero-order valence-corrected chi connectivity index (χ0v) is 23.6. The predicted octanol–water partition coefficient (Wildman–Crippen LogP) is 4.32. The summed E-state index contributed by atoms with van der Waals surface area (Å²) >= 11 is 7.77. The summed E-state index contributed by atoms with van der Waals surface area (Å²) in [6.07, 6.45) is 1.40. The number of carbonyl (C=O) groups is 3. The molecule has 1 atom stereocenters. The first-order chi connectivity index (χ1) is 18.4. The van der Waals surface area contributed by atoms with Crippen LogP contribution in [0.15, 0.2) is 54.6 Å². The lowest BCUT2D eigenvalue weighted by Crippen LogP contribution is -2.38. The van der Waals surface area contributed by atoms with Crippen LogP contribution >= 0.6 is 22.9 Å². The van der Waals surface area contributed by atoms with E-state index in [1.54, 1.807) is 30.3 Å². The molecule has 0 spiro atoms. The number of ether oxygens (including phenoxy) is 3. The largest absolute Gasteiger partial charge is 0.468 e. The van der Waals surface area contributed by atoms with E-state index in [1.807, 2.05) is 23.1 Å². The second-order valence-electron chi connectivity index (χ2n) is 8.39. The van der Waals surface area contributed by atoms with Gasteiger partial charge in [0.25, 0.3) is 10.1 Å². The second kappa shape index (κ2) is 13.2. The van der Waals surface area contributed by atoms with Crippen molar-refractivity contribution in [3.05, 3.63) is 81.2 Å². The number of hydrogen-bond donors (Lipinski definition) is 1. The van der Waals surface area contributed by atoms with Gasteiger partial charge in [0.05, 0.1) is 13.4 Å². The van der Waals surface area contributed by atoms with E-state index < -0.39 is 28.1 Å². The molecule has 1 N–H and O–H groups in total. The maximum Gasteiger partial charge on any atom is 0.348 e. The average Bonchev–Trinajstić information content (AvgIpc) is 3.25. The molecule has 0 saturated carbocycles. The van der Waals surface area contributed by atoms with Crippen LogP contribution in [0.1, 0.15) is 39.3 Å². The molecule has 0 saturated heterocycles. The molecule has 39 heavy (non-hydrogen) atoms. The molecule has 2 heterocycles. The standard InChI is InChI=1S/C25H22ClNO6S.CH4O3S/c1-15(28)32-20-10-6-4-8-18(20)24(29)33-22-13-16-14-27(12-11-21(16)34-22)23(25(30)31-2)17-7-3-5-9-19(17)26;1-5(2,3)4/h3-10,13,23H,11-12,14H2,1-2H3;1H3,(H,2,3,4)/t23-;/m0./s1. The molecule has 0 aliphatic carbocycles. The third-order valence-electron chi connectivity index (χ3n) is 5.42. The third-order valence-corrected chi connectivity index (χ3v) is 6.88. The van der Waals surface area contributed by atoms with Crippen LogP contribution in [0.5, 0.6) is 10.8 Å². The molecule has 0 radical (unpaired) electrons. The number of halogens is 1. The van der Waals surface area contributed by atoms with E-state index in [2.05, 4.69) is 0 Å². The lowest BCUT2D eigenvalue weighted by atomic mass is 10.0. The Morgan fingerprint density at radius 2 is 1.72 bits per heavy atom. The van der Waals surface area contributed by atoms with Gasteiger partial charge in [-0.05, 0) is 41.8 Å². The highest BCUT2D eigenvalue weighted by atomic mass is 35.5. The highest BCUT2D eigenvalue weighted by Gasteiger charge is 2.33. The van der Waals surface area contributed by atoms with E-state index in [4.69, 9.17) is 30.4 Å². The molecule has 10 nitrogen and oxygen atoms in total. The fourth-order valence-corrected chi connectivity index (χ4v) is 5.15. The maximum atomic E-state index is 12.8. The Balaban J connectivity index is 0.000000771. The molecule has 0 bridgehead atoms. The molecule has 1 aliphatic heterocycles. The van der Waals surface area contributed by atoms with E-state index >= 15 is 0 Å². The minimum absolute atomic E-state index is 0.146. The highest BCUT2D eigenvalue weighted by Crippen LogP contribution is 2.38. The van der Waals surface area contributed by atoms with Crippen molar-refractivity contribution in [1.82, 2.24) is 4.90 Å². The monoisotopic (exact) mass is 595 g/mol. The van der Waals surface area contributed by atoms with Crippen LogP contribution < -0.4 is 9.47 Å². The number of nitrogens with zero attached hydrogens (tertiary/aromatic N) is 1. The van der Waals surface area contributed by atoms with Gasteiger partial charge in [-0.15, -0.1) is 11.3 Å². The van der Waals surface area contributed by atoms with Crippen molar-refractivity contribution in [3.63, 3.8) is 0 Å². The van der Waals surface area contributed by atoms with Crippen LogP contribution in [0.25, 0.3) is 0 Å². The van der Waals surface area contributed by atoms with Gasteiger partial charge in [-0.2, -0.15) is 8.42 Å². The molecular formula is C26H26ClNO9S2. The number of hydrogen-bond acceptors (Lipinski definition) is 10. The molecule has 2 aromatic carbocycles. The summed E-state index contributed by atoms with van der Waals surface area (Å²) in [5, 5.41) is 0.928. The van der Waals surface area contributed by atoms with E-state index in [-0.39, 0.29) is 17.3 Å². The predicted molar refractivity (Wildman–Crippen MR) is 145 cm³/mol. The van der Waals surface area contributed by atoms with Gasteiger partial charge in [0.1, 0.15) is 17.4 Å². The summed E-state index contributed by atoms with van der Waals surface area (Å²) in [4.78, 5) is 39.8. The first-order valence-electron chi connectivity index (χ1n) is 11.5. The lowest BCUT2D eigenvalue weighted by molar-refractivity contribution is -0.147. The van der Waals surface area contributed by atoms with Crippen molar-refractivity contribution in [3.8, 4) is 10.8 Å². The van der Waals surface area contributed by atoms with Gasteiger partial charge in [0.2, 0.25) is 0 Å². The Labute approximate surface area is 234 Å². The summed E-state index contributed by atoms with van der Waals surface area (Å²) in [7, 11) is -2.31. The lowest BCUT2D eigenvalue weighted by Gasteiger charge is -2.33. The van der Waals surface area contributed by atoms with Crippen LogP contribution in [0.4, 0.5) is 0 Å². The summed E-state index contributed by atoms with van der Waals surface area (Å²) < 4.78 is 41.6. The second-order valence-corrected chi connectivity index (χ2v) is 11.4. The van der Waals surface area contributed by atoms with E-state index in [9.17, 15) is 22.8 Å². The van der Waals surface area contributed by atoms with Crippen molar-refractivity contribution in [1.29, 1.82) is 0 Å². The number of methoxy groups -OCH3 is 1. The maximum absolute atomic E-state index is 12.8. The normalized spacial score (nSPS) is 13.8. The van der Waals surface area contributed by atoms with Crippen molar-refractivity contribution in [2.45, 2.75) is 25.9 Å². The van der Waals surface area contributed by atoms with Gasteiger partial charge in [0.15, 0.2) is 5.06 Å². The van der Waals surface area contributed by atoms with Gasteiger partial charge in [-0.1, -0.05) is 41.9 Å². The molecule has 4 rings (SSSR count). The quantitative estimate of drug-likeness (QED) is 0.249. The molecule has 1 aliphatic rings. The summed E-state index contributed by atoms with van der Waals surface area (Å²) in [6.45, 7) is 2.35. The molecule has 0 amide bonds. The Kier molecular flexibility index (Phi) is 10.2. The minimum Gasteiger partial charge on any atom is -0.468 e. The van der Waals surface area contributed by atoms with Crippen molar-refractivity contribution in [2.24, 2.45) is 0 Å². The third kappa shape index (κ3) is 8.60. The minimum atomic E-state index is -3.67. The van der Waals surface area contributed by atoms with Gasteiger partial charge in [0, 0.05) is 29.9 Å². The van der Waals surface area contributed by atoms with E-state index in [0.717, 1.165) is 10.4 Å². The van der Waals surface area contributed by atoms with Gasteiger partial charge >= 0.3 is 17.9 Å². The highest BCUT2D eigenvalue weighted by molar-refractivity contribution is 7.85. The van der Waals surface area contributed by atoms with Gasteiger partial charge < -0.3 is 14.2 Å². The molecule has 3 aromatic rings. The number of rotatable bonds is 6. The topological polar surface area (TPSA) is 137 Å².